The van der Waals surface area contributed by atoms with Crippen molar-refractivity contribution in [1.82, 2.24) is 14.8 Å². The number of carboxylic acid groups (broad SMARTS) is 1. The molecule has 1 aliphatic rings. The average molecular weight is 354 g/mol. The van der Waals surface area contributed by atoms with Gasteiger partial charge in [0.25, 0.3) is 0 Å². The molecule has 0 atom stereocenters. The van der Waals surface area contributed by atoms with Crippen LogP contribution in [-0.2, 0) is 4.79 Å². The highest BCUT2D eigenvalue weighted by Crippen LogP contribution is 2.40. The van der Waals surface area contributed by atoms with Gasteiger partial charge >= 0.3 is 5.97 Å². The van der Waals surface area contributed by atoms with E-state index in [1.54, 1.807) is 10.9 Å². The summed E-state index contributed by atoms with van der Waals surface area (Å²) in [5.41, 5.74) is 1.03. The molecule has 7 heteroatoms. The van der Waals surface area contributed by atoms with E-state index in [9.17, 15) is 4.79 Å². The molecular weight excluding hydrogens is 342 g/mol. The van der Waals surface area contributed by atoms with Crippen molar-refractivity contribution in [1.29, 1.82) is 0 Å². The normalized spacial score (nSPS) is 14.4. The minimum absolute atomic E-state index is 0.0202. The van der Waals surface area contributed by atoms with E-state index in [0.717, 1.165) is 28.0 Å². The van der Waals surface area contributed by atoms with Crippen LogP contribution in [0.15, 0.2) is 33.9 Å². The first-order valence-corrected chi connectivity index (χ1v) is 7.98. The monoisotopic (exact) mass is 353 g/mol. The number of pyridine rings is 1. The zero-order chi connectivity index (χ0) is 14.1. The summed E-state index contributed by atoms with van der Waals surface area (Å²) in [6, 6.07) is 5.74. The van der Waals surface area contributed by atoms with Gasteiger partial charge in [0.05, 0.1) is 11.4 Å². The molecule has 2 heterocycles. The number of nitrogens with zero attached hydrogens (tertiary/aromatic N) is 3. The summed E-state index contributed by atoms with van der Waals surface area (Å²) in [6.07, 6.45) is 4.03. The predicted molar refractivity (Wildman–Crippen MR) is 79.4 cm³/mol. The van der Waals surface area contributed by atoms with Crippen molar-refractivity contribution in [3.05, 3.63) is 34.6 Å². The molecule has 1 N–H and O–H groups in total. The first-order chi connectivity index (χ1) is 9.63. The van der Waals surface area contributed by atoms with Gasteiger partial charge in [0, 0.05) is 16.6 Å². The number of hydrogen-bond donors (Lipinski definition) is 1. The van der Waals surface area contributed by atoms with Gasteiger partial charge in [0.2, 0.25) is 0 Å². The van der Waals surface area contributed by atoms with Crippen LogP contribution in [0.5, 0.6) is 0 Å². The number of carbonyl (C=O) groups is 1. The lowest BCUT2D eigenvalue weighted by Crippen LogP contribution is -2.04. The van der Waals surface area contributed by atoms with Crippen LogP contribution < -0.4 is 0 Å². The SMILES string of the molecule is O=C(O)CSc1cc(C2CC2)nn1-c1ccc(Br)cn1. The van der Waals surface area contributed by atoms with Crippen LogP contribution in [0.4, 0.5) is 0 Å². The van der Waals surface area contributed by atoms with Crippen LogP contribution in [0.3, 0.4) is 0 Å². The fourth-order valence-corrected chi connectivity index (χ4v) is 2.82. The van der Waals surface area contributed by atoms with Crippen molar-refractivity contribution >= 4 is 33.7 Å². The lowest BCUT2D eigenvalue weighted by Gasteiger charge is -2.05. The average Bonchev–Trinajstić information content (AvgIpc) is 3.18. The van der Waals surface area contributed by atoms with Crippen LogP contribution in [0.1, 0.15) is 24.5 Å². The van der Waals surface area contributed by atoms with Gasteiger partial charge in [0.1, 0.15) is 5.03 Å². The summed E-state index contributed by atoms with van der Waals surface area (Å²) in [7, 11) is 0. The number of halogens is 1. The Morgan fingerprint density at radius 3 is 2.90 bits per heavy atom. The van der Waals surface area contributed by atoms with Crippen LogP contribution >= 0.6 is 27.7 Å². The van der Waals surface area contributed by atoms with Crippen LogP contribution in [0.25, 0.3) is 5.82 Å². The summed E-state index contributed by atoms with van der Waals surface area (Å²) in [4.78, 5) is 15.1. The quantitative estimate of drug-likeness (QED) is 0.836. The van der Waals surface area contributed by atoms with Gasteiger partial charge in [-0.25, -0.2) is 9.67 Å². The Labute approximate surface area is 128 Å². The lowest BCUT2D eigenvalue weighted by atomic mass is 10.3. The van der Waals surface area contributed by atoms with E-state index in [-0.39, 0.29) is 5.75 Å². The molecule has 1 aliphatic carbocycles. The van der Waals surface area contributed by atoms with E-state index in [1.807, 2.05) is 18.2 Å². The molecule has 0 aromatic carbocycles. The first-order valence-electron chi connectivity index (χ1n) is 6.20. The lowest BCUT2D eigenvalue weighted by molar-refractivity contribution is -0.133. The smallest absolute Gasteiger partial charge is 0.313 e. The van der Waals surface area contributed by atoms with E-state index in [2.05, 4.69) is 26.0 Å². The minimum atomic E-state index is -0.834. The molecule has 1 saturated carbocycles. The van der Waals surface area contributed by atoms with E-state index in [1.165, 1.54) is 11.8 Å². The van der Waals surface area contributed by atoms with Crippen molar-refractivity contribution in [3.63, 3.8) is 0 Å². The van der Waals surface area contributed by atoms with Crippen LogP contribution in [0, 0.1) is 0 Å². The first kappa shape index (κ1) is 13.6. The minimum Gasteiger partial charge on any atom is -0.481 e. The number of hydrogen-bond acceptors (Lipinski definition) is 4. The Bertz CT molecular complexity index is 638. The van der Waals surface area contributed by atoms with Crippen LogP contribution in [-0.4, -0.2) is 31.6 Å². The van der Waals surface area contributed by atoms with Crippen molar-refractivity contribution < 1.29 is 9.90 Å². The molecule has 1 fully saturated rings. The number of thioether (sulfide) groups is 1. The molecule has 104 valence electrons. The van der Waals surface area contributed by atoms with Gasteiger partial charge < -0.3 is 5.11 Å². The Morgan fingerprint density at radius 1 is 1.50 bits per heavy atom. The number of carboxylic acids is 1. The zero-order valence-electron chi connectivity index (χ0n) is 10.5. The van der Waals surface area contributed by atoms with Gasteiger partial charge in [-0.3, -0.25) is 4.79 Å². The third-order valence-electron chi connectivity index (χ3n) is 2.96. The van der Waals surface area contributed by atoms with Crippen molar-refractivity contribution in [2.75, 3.05) is 5.75 Å². The topological polar surface area (TPSA) is 68.0 Å². The molecule has 5 nitrogen and oxygen atoms in total. The number of aliphatic carboxylic acids is 1. The summed E-state index contributed by atoms with van der Waals surface area (Å²) in [5, 5.41) is 14.2. The molecule has 20 heavy (non-hydrogen) atoms. The molecule has 0 unspecified atom stereocenters. The molecule has 0 amide bonds. The second-order valence-electron chi connectivity index (χ2n) is 4.61. The maximum absolute atomic E-state index is 10.7. The third kappa shape index (κ3) is 3.04. The molecule has 0 bridgehead atoms. The van der Waals surface area contributed by atoms with Crippen LogP contribution in [0.2, 0.25) is 0 Å². The van der Waals surface area contributed by atoms with E-state index in [4.69, 9.17) is 5.11 Å². The summed E-state index contributed by atoms with van der Waals surface area (Å²) in [5.74, 6) is 0.412. The summed E-state index contributed by atoms with van der Waals surface area (Å²) >= 11 is 4.62. The second kappa shape index (κ2) is 5.57. The van der Waals surface area contributed by atoms with Crippen molar-refractivity contribution in [2.24, 2.45) is 0 Å². The van der Waals surface area contributed by atoms with Crippen molar-refractivity contribution in [3.8, 4) is 5.82 Å². The highest BCUT2D eigenvalue weighted by Gasteiger charge is 2.28. The van der Waals surface area contributed by atoms with E-state index >= 15 is 0 Å². The molecular formula is C13H12BrN3O2S. The van der Waals surface area contributed by atoms with Gasteiger partial charge in [-0.15, -0.1) is 0 Å². The fraction of sp³-hybridized carbons (Fsp3) is 0.308. The highest BCUT2D eigenvalue weighted by molar-refractivity contribution is 9.10. The molecule has 0 saturated heterocycles. The molecule has 3 rings (SSSR count). The molecule has 2 aromatic heterocycles. The largest absolute Gasteiger partial charge is 0.481 e. The standard InChI is InChI=1S/C13H12BrN3O2S/c14-9-3-4-11(15-6-9)17-12(20-7-13(18)19)5-10(16-17)8-1-2-8/h3-6,8H,1-2,7H2,(H,18,19). The molecule has 0 spiro atoms. The Kier molecular flexibility index (Phi) is 3.80. The Hall–Kier alpha value is -1.34. The fourth-order valence-electron chi connectivity index (χ4n) is 1.86. The van der Waals surface area contributed by atoms with E-state index in [0.29, 0.717) is 11.7 Å². The molecule has 0 radical (unpaired) electrons. The number of rotatable bonds is 5. The highest BCUT2D eigenvalue weighted by atomic mass is 79.9. The predicted octanol–water partition coefficient (Wildman–Crippen LogP) is 3.08. The number of aromatic nitrogens is 3. The third-order valence-corrected chi connectivity index (χ3v) is 4.41. The van der Waals surface area contributed by atoms with Gasteiger partial charge in [-0.05, 0) is 47.0 Å². The van der Waals surface area contributed by atoms with Crippen molar-refractivity contribution in [2.45, 2.75) is 23.8 Å². The summed E-state index contributed by atoms with van der Waals surface area (Å²) in [6.45, 7) is 0. The Morgan fingerprint density at radius 2 is 2.30 bits per heavy atom. The zero-order valence-corrected chi connectivity index (χ0v) is 12.9. The Balaban J connectivity index is 1.93. The molecule has 0 aliphatic heterocycles. The maximum atomic E-state index is 10.7. The molecule has 2 aromatic rings. The summed E-state index contributed by atoms with van der Waals surface area (Å²) < 4.78 is 2.63. The van der Waals surface area contributed by atoms with E-state index < -0.39 is 5.97 Å². The van der Waals surface area contributed by atoms with Gasteiger partial charge in [-0.2, -0.15) is 5.10 Å². The van der Waals surface area contributed by atoms with Gasteiger partial charge in [-0.1, -0.05) is 11.8 Å². The van der Waals surface area contributed by atoms with Gasteiger partial charge in [0.15, 0.2) is 5.82 Å². The second-order valence-corrected chi connectivity index (χ2v) is 6.52. The maximum Gasteiger partial charge on any atom is 0.313 e.